The maximum Gasteiger partial charge on any atom is 0.227 e. The van der Waals surface area contributed by atoms with Crippen molar-refractivity contribution in [3.8, 4) is 0 Å². The second-order valence-corrected chi connectivity index (χ2v) is 5.83. The second-order valence-electron chi connectivity index (χ2n) is 5.83. The van der Waals surface area contributed by atoms with Crippen molar-refractivity contribution in [1.82, 2.24) is 15.5 Å². The molecular weight excluding hydrogens is 230 g/mol. The van der Waals surface area contributed by atoms with Crippen molar-refractivity contribution < 1.29 is 9.59 Å². The van der Waals surface area contributed by atoms with E-state index in [2.05, 4.69) is 17.6 Å². The number of nitrogens with one attached hydrogen (secondary N) is 2. The summed E-state index contributed by atoms with van der Waals surface area (Å²) in [6, 6.07) is 0.103. The van der Waals surface area contributed by atoms with E-state index in [4.69, 9.17) is 0 Å². The molecule has 3 aliphatic rings. The van der Waals surface area contributed by atoms with Gasteiger partial charge in [-0.05, 0) is 25.3 Å². The number of carbonyl (C=O) groups is 2. The predicted molar refractivity (Wildman–Crippen MR) is 66.8 cm³/mol. The maximum absolute atomic E-state index is 12.6. The first-order chi connectivity index (χ1) is 8.68. The van der Waals surface area contributed by atoms with E-state index in [1.165, 1.54) is 0 Å². The Morgan fingerprint density at radius 2 is 2.17 bits per heavy atom. The zero-order valence-electron chi connectivity index (χ0n) is 10.8. The highest BCUT2D eigenvalue weighted by molar-refractivity contribution is 5.85. The topological polar surface area (TPSA) is 61.4 Å². The van der Waals surface area contributed by atoms with Gasteiger partial charge < -0.3 is 15.5 Å². The summed E-state index contributed by atoms with van der Waals surface area (Å²) in [6.07, 6.45) is 1.88. The van der Waals surface area contributed by atoms with Gasteiger partial charge >= 0.3 is 0 Å². The fourth-order valence-corrected chi connectivity index (χ4v) is 3.58. The van der Waals surface area contributed by atoms with Crippen LogP contribution in [-0.2, 0) is 9.59 Å². The van der Waals surface area contributed by atoms with Crippen LogP contribution in [0.25, 0.3) is 0 Å². The molecule has 18 heavy (non-hydrogen) atoms. The summed E-state index contributed by atoms with van der Waals surface area (Å²) in [5.74, 6) is 0.920. The molecule has 0 bridgehead atoms. The number of amides is 2. The lowest BCUT2D eigenvalue weighted by molar-refractivity contribution is -0.141. The van der Waals surface area contributed by atoms with Crippen molar-refractivity contribution in [2.75, 3.05) is 26.2 Å². The molecule has 0 aliphatic carbocycles. The van der Waals surface area contributed by atoms with Gasteiger partial charge in [0.05, 0.1) is 17.9 Å². The van der Waals surface area contributed by atoms with Crippen LogP contribution < -0.4 is 10.6 Å². The molecule has 3 rings (SSSR count). The molecule has 2 amide bonds. The number of nitrogens with zero attached hydrogens (tertiary/aromatic N) is 1. The van der Waals surface area contributed by atoms with Crippen LogP contribution in [0.3, 0.4) is 0 Å². The van der Waals surface area contributed by atoms with E-state index in [-0.39, 0.29) is 29.7 Å². The Balaban J connectivity index is 1.75. The molecule has 5 heteroatoms. The van der Waals surface area contributed by atoms with Crippen LogP contribution in [0, 0.1) is 17.8 Å². The maximum atomic E-state index is 12.6. The normalized spacial score (nSPS) is 39.6. The number of likely N-dealkylation sites (tertiary alicyclic amines) is 1. The minimum Gasteiger partial charge on any atom is -0.354 e. The van der Waals surface area contributed by atoms with E-state index in [1.807, 2.05) is 4.90 Å². The summed E-state index contributed by atoms with van der Waals surface area (Å²) < 4.78 is 0. The molecule has 0 aromatic heterocycles. The average molecular weight is 251 g/mol. The number of hydrogen-bond donors (Lipinski definition) is 2. The Hall–Kier alpha value is -1.10. The number of rotatable bonds is 1. The number of carbonyl (C=O) groups excluding carboxylic acids is 2. The molecule has 0 aromatic rings. The van der Waals surface area contributed by atoms with Crippen LogP contribution >= 0.6 is 0 Å². The largest absolute Gasteiger partial charge is 0.354 e. The summed E-state index contributed by atoms with van der Waals surface area (Å²) in [7, 11) is 0. The third-order valence-electron chi connectivity index (χ3n) is 4.72. The van der Waals surface area contributed by atoms with Crippen molar-refractivity contribution in [2.45, 2.75) is 25.8 Å². The molecule has 3 saturated heterocycles. The zero-order valence-corrected chi connectivity index (χ0v) is 10.8. The molecular formula is C13H21N3O2. The highest BCUT2D eigenvalue weighted by Gasteiger charge is 2.45. The molecule has 0 radical (unpaired) electrons. The van der Waals surface area contributed by atoms with E-state index < -0.39 is 0 Å². The van der Waals surface area contributed by atoms with Crippen LogP contribution in [0.1, 0.15) is 19.8 Å². The van der Waals surface area contributed by atoms with Gasteiger partial charge in [0, 0.05) is 19.6 Å². The fourth-order valence-electron chi connectivity index (χ4n) is 3.58. The van der Waals surface area contributed by atoms with E-state index in [0.29, 0.717) is 12.5 Å². The lowest BCUT2D eigenvalue weighted by Crippen LogP contribution is -2.51. The number of piperidine rings is 1. The SMILES string of the molecule is CC1CNCC1C(=O)N1CCCC2C(=O)NCC21. The first-order valence-corrected chi connectivity index (χ1v) is 6.97. The summed E-state index contributed by atoms with van der Waals surface area (Å²) in [6.45, 7) is 5.30. The Bertz CT molecular complexity index is 371. The smallest absolute Gasteiger partial charge is 0.227 e. The summed E-state index contributed by atoms with van der Waals surface area (Å²) in [5, 5.41) is 6.18. The van der Waals surface area contributed by atoms with Crippen LogP contribution in [-0.4, -0.2) is 48.9 Å². The zero-order chi connectivity index (χ0) is 12.7. The van der Waals surface area contributed by atoms with Crippen LogP contribution in [0.2, 0.25) is 0 Å². The van der Waals surface area contributed by atoms with Crippen molar-refractivity contribution in [3.63, 3.8) is 0 Å². The van der Waals surface area contributed by atoms with E-state index in [1.54, 1.807) is 0 Å². The number of hydrogen-bond acceptors (Lipinski definition) is 3. The fraction of sp³-hybridized carbons (Fsp3) is 0.846. The van der Waals surface area contributed by atoms with Crippen molar-refractivity contribution >= 4 is 11.8 Å². The van der Waals surface area contributed by atoms with Crippen LogP contribution in [0.4, 0.5) is 0 Å². The van der Waals surface area contributed by atoms with Gasteiger partial charge in [0.25, 0.3) is 0 Å². The third kappa shape index (κ3) is 1.81. The lowest BCUT2D eigenvalue weighted by atomic mass is 9.88. The summed E-state index contributed by atoms with van der Waals surface area (Å²) in [5.41, 5.74) is 0. The molecule has 3 fully saturated rings. The highest BCUT2D eigenvalue weighted by atomic mass is 16.2. The van der Waals surface area contributed by atoms with Gasteiger partial charge in [-0.3, -0.25) is 9.59 Å². The van der Waals surface area contributed by atoms with Gasteiger partial charge in [-0.2, -0.15) is 0 Å². The van der Waals surface area contributed by atoms with Gasteiger partial charge in [0.15, 0.2) is 0 Å². The Kier molecular flexibility index (Phi) is 3.01. The van der Waals surface area contributed by atoms with E-state index in [0.717, 1.165) is 32.5 Å². The highest BCUT2D eigenvalue weighted by Crippen LogP contribution is 2.30. The van der Waals surface area contributed by atoms with Crippen LogP contribution in [0.5, 0.6) is 0 Å². The minimum atomic E-state index is 0.0346. The standard InChI is InChI=1S/C13H21N3O2/c1-8-5-14-6-10(8)13(18)16-4-2-3-9-11(16)7-15-12(9)17/h8-11,14H,2-7H2,1H3,(H,15,17). The summed E-state index contributed by atoms with van der Waals surface area (Å²) in [4.78, 5) is 26.3. The van der Waals surface area contributed by atoms with Crippen molar-refractivity contribution in [3.05, 3.63) is 0 Å². The first kappa shape index (κ1) is 12.0. The van der Waals surface area contributed by atoms with Gasteiger partial charge in [-0.25, -0.2) is 0 Å². The molecule has 4 atom stereocenters. The molecule has 2 N–H and O–H groups in total. The van der Waals surface area contributed by atoms with Crippen LogP contribution in [0.15, 0.2) is 0 Å². The van der Waals surface area contributed by atoms with Crippen molar-refractivity contribution in [2.24, 2.45) is 17.8 Å². The molecule has 100 valence electrons. The van der Waals surface area contributed by atoms with Gasteiger partial charge in [-0.1, -0.05) is 6.92 Å². The quantitative estimate of drug-likeness (QED) is 0.665. The lowest BCUT2D eigenvalue weighted by Gasteiger charge is -2.38. The Labute approximate surface area is 107 Å². The number of fused-ring (bicyclic) bond motifs is 1. The molecule has 5 nitrogen and oxygen atoms in total. The second kappa shape index (κ2) is 4.53. The van der Waals surface area contributed by atoms with Gasteiger partial charge in [-0.15, -0.1) is 0 Å². The van der Waals surface area contributed by atoms with Gasteiger partial charge in [0.2, 0.25) is 11.8 Å². The molecule has 3 heterocycles. The average Bonchev–Trinajstić information content (AvgIpc) is 2.95. The third-order valence-corrected chi connectivity index (χ3v) is 4.72. The molecule has 4 unspecified atom stereocenters. The van der Waals surface area contributed by atoms with E-state index >= 15 is 0 Å². The summed E-state index contributed by atoms with van der Waals surface area (Å²) >= 11 is 0. The van der Waals surface area contributed by atoms with E-state index in [9.17, 15) is 9.59 Å². The monoisotopic (exact) mass is 251 g/mol. The molecule has 0 spiro atoms. The Morgan fingerprint density at radius 3 is 2.89 bits per heavy atom. The van der Waals surface area contributed by atoms with Gasteiger partial charge in [0.1, 0.15) is 0 Å². The molecule has 0 aromatic carbocycles. The molecule has 3 aliphatic heterocycles. The van der Waals surface area contributed by atoms with Crippen molar-refractivity contribution in [1.29, 1.82) is 0 Å². The minimum absolute atomic E-state index is 0.0346. The molecule has 0 saturated carbocycles. The first-order valence-electron chi connectivity index (χ1n) is 6.97. The Morgan fingerprint density at radius 1 is 1.33 bits per heavy atom. The predicted octanol–water partition coefficient (Wildman–Crippen LogP) is -0.421.